The first-order chi connectivity index (χ1) is 5.86. The zero-order chi connectivity index (χ0) is 8.39. The van der Waals surface area contributed by atoms with Crippen LogP contribution in [0.2, 0.25) is 0 Å². The van der Waals surface area contributed by atoms with Gasteiger partial charge in [0.1, 0.15) is 5.75 Å². The van der Waals surface area contributed by atoms with Gasteiger partial charge in [0.05, 0.1) is 0 Å². The van der Waals surface area contributed by atoms with E-state index in [-0.39, 0.29) is 0 Å². The van der Waals surface area contributed by atoms with Crippen LogP contribution in [-0.4, -0.2) is 18.2 Å². The number of anilines is 1. The smallest absolute Gasteiger partial charge is 0.118 e. The van der Waals surface area contributed by atoms with Crippen LogP contribution in [0.5, 0.6) is 5.75 Å². The third kappa shape index (κ3) is 1.37. The number of nitrogens with zero attached hydrogens (tertiary/aromatic N) is 1. The summed E-state index contributed by atoms with van der Waals surface area (Å²) in [7, 11) is 0. The Balaban J connectivity index is 2.21. The summed E-state index contributed by atoms with van der Waals surface area (Å²) in [6.45, 7) is 2.22. The van der Waals surface area contributed by atoms with Gasteiger partial charge in [-0.3, -0.25) is 0 Å². The van der Waals surface area contributed by atoms with Crippen molar-refractivity contribution in [1.29, 1.82) is 0 Å². The molecule has 0 aliphatic carbocycles. The van der Waals surface area contributed by atoms with Crippen LogP contribution in [0.4, 0.5) is 5.69 Å². The molecule has 2 nitrogen and oxygen atoms in total. The molecule has 0 unspecified atom stereocenters. The number of aromatic hydroxyl groups is 1. The second-order valence-corrected chi connectivity index (χ2v) is 3.14. The van der Waals surface area contributed by atoms with Crippen molar-refractivity contribution in [3.8, 4) is 5.75 Å². The standard InChI is InChI=1S/C10H12NO/c12-10-5-3-4-9(8-10)11-6-1-2-7-11/h4-5,8,12H,1-2,6-7H2. The number of phenolic OH excluding ortho intramolecular Hbond substituents is 1. The summed E-state index contributed by atoms with van der Waals surface area (Å²) >= 11 is 0. The third-order valence-electron chi connectivity index (χ3n) is 2.23. The Labute approximate surface area is 72.4 Å². The van der Waals surface area contributed by atoms with Crippen LogP contribution < -0.4 is 4.90 Å². The Morgan fingerprint density at radius 2 is 2.00 bits per heavy atom. The van der Waals surface area contributed by atoms with Crippen molar-refractivity contribution in [3.05, 3.63) is 24.3 Å². The fraction of sp³-hybridized carbons (Fsp3) is 0.400. The highest BCUT2D eigenvalue weighted by Crippen LogP contribution is 2.22. The minimum atomic E-state index is 0.305. The zero-order valence-electron chi connectivity index (χ0n) is 6.95. The van der Waals surface area contributed by atoms with Crippen LogP contribution in [0.3, 0.4) is 0 Å². The second kappa shape index (κ2) is 3.05. The van der Waals surface area contributed by atoms with E-state index in [9.17, 15) is 5.11 Å². The summed E-state index contributed by atoms with van der Waals surface area (Å²) < 4.78 is 0. The van der Waals surface area contributed by atoms with Crippen LogP contribution in [0.15, 0.2) is 18.2 Å². The molecule has 1 aliphatic rings. The van der Waals surface area contributed by atoms with Crippen LogP contribution in [0, 0.1) is 6.07 Å². The number of benzene rings is 1. The quantitative estimate of drug-likeness (QED) is 0.680. The molecule has 1 heterocycles. The largest absolute Gasteiger partial charge is 0.508 e. The summed E-state index contributed by atoms with van der Waals surface area (Å²) in [5.41, 5.74) is 1.09. The first-order valence-electron chi connectivity index (χ1n) is 4.31. The predicted molar refractivity (Wildman–Crippen MR) is 48.4 cm³/mol. The van der Waals surface area contributed by atoms with Crippen LogP contribution in [-0.2, 0) is 0 Å². The number of hydrogen-bond acceptors (Lipinski definition) is 2. The lowest BCUT2D eigenvalue weighted by Gasteiger charge is -2.16. The third-order valence-corrected chi connectivity index (χ3v) is 2.23. The molecule has 0 saturated carbocycles. The van der Waals surface area contributed by atoms with E-state index in [4.69, 9.17) is 0 Å². The normalized spacial score (nSPS) is 16.8. The van der Waals surface area contributed by atoms with Gasteiger partial charge in [0.25, 0.3) is 0 Å². The fourth-order valence-corrected chi connectivity index (χ4v) is 1.61. The van der Waals surface area contributed by atoms with E-state index >= 15 is 0 Å². The molecule has 0 amide bonds. The van der Waals surface area contributed by atoms with E-state index in [0.717, 1.165) is 18.8 Å². The molecule has 2 rings (SSSR count). The molecule has 0 bridgehead atoms. The Morgan fingerprint density at radius 1 is 1.25 bits per heavy atom. The van der Waals surface area contributed by atoms with Crippen molar-refractivity contribution in [1.82, 2.24) is 0 Å². The molecule has 0 spiro atoms. The lowest BCUT2D eigenvalue weighted by atomic mass is 10.3. The number of rotatable bonds is 1. The first-order valence-corrected chi connectivity index (χ1v) is 4.31. The van der Waals surface area contributed by atoms with Crippen molar-refractivity contribution in [2.45, 2.75) is 12.8 Å². The highest BCUT2D eigenvalue weighted by molar-refractivity contribution is 5.50. The highest BCUT2D eigenvalue weighted by atomic mass is 16.3. The topological polar surface area (TPSA) is 23.5 Å². The summed E-state index contributed by atoms with van der Waals surface area (Å²) in [6.07, 6.45) is 2.52. The SMILES string of the molecule is Oc1c[c]cc(N2CCCC2)c1. The Bertz CT molecular complexity index is 266. The lowest BCUT2D eigenvalue weighted by molar-refractivity contribution is 0.475. The molecule has 12 heavy (non-hydrogen) atoms. The van der Waals surface area contributed by atoms with Gasteiger partial charge in [-0.2, -0.15) is 0 Å². The molecule has 2 heteroatoms. The van der Waals surface area contributed by atoms with Crippen LogP contribution in [0.1, 0.15) is 12.8 Å². The van der Waals surface area contributed by atoms with Gasteiger partial charge < -0.3 is 10.0 Å². The summed E-state index contributed by atoms with van der Waals surface area (Å²) in [6, 6.07) is 8.21. The molecule has 1 aliphatic heterocycles. The zero-order valence-corrected chi connectivity index (χ0v) is 6.95. The van der Waals surface area contributed by atoms with Gasteiger partial charge >= 0.3 is 0 Å². The highest BCUT2D eigenvalue weighted by Gasteiger charge is 2.11. The van der Waals surface area contributed by atoms with Gasteiger partial charge in [-0.05, 0) is 31.0 Å². The molecular formula is C10H12NO. The second-order valence-electron chi connectivity index (χ2n) is 3.14. The molecular weight excluding hydrogens is 150 g/mol. The molecule has 1 fully saturated rings. The van der Waals surface area contributed by atoms with Crippen molar-refractivity contribution >= 4 is 5.69 Å². The van der Waals surface area contributed by atoms with E-state index in [1.807, 2.05) is 6.07 Å². The van der Waals surface area contributed by atoms with Gasteiger partial charge in [0, 0.05) is 24.8 Å². The van der Waals surface area contributed by atoms with Gasteiger partial charge in [-0.25, -0.2) is 0 Å². The Hall–Kier alpha value is -1.18. The lowest BCUT2D eigenvalue weighted by Crippen LogP contribution is -2.17. The van der Waals surface area contributed by atoms with Gasteiger partial charge in [-0.1, -0.05) is 0 Å². The summed E-state index contributed by atoms with van der Waals surface area (Å²) in [5, 5.41) is 9.22. The van der Waals surface area contributed by atoms with Crippen molar-refractivity contribution in [2.75, 3.05) is 18.0 Å². The Kier molecular flexibility index (Phi) is 1.90. The molecule has 0 aromatic heterocycles. The monoisotopic (exact) mass is 162 g/mol. The molecule has 1 N–H and O–H groups in total. The minimum absolute atomic E-state index is 0.305. The van der Waals surface area contributed by atoms with E-state index in [0.29, 0.717) is 5.75 Å². The predicted octanol–water partition coefficient (Wildman–Crippen LogP) is 1.79. The summed E-state index contributed by atoms with van der Waals surface area (Å²) in [4.78, 5) is 2.27. The number of hydrogen-bond donors (Lipinski definition) is 1. The van der Waals surface area contributed by atoms with Gasteiger partial charge in [0.2, 0.25) is 0 Å². The van der Waals surface area contributed by atoms with Gasteiger partial charge in [0.15, 0.2) is 0 Å². The number of phenols is 1. The van der Waals surface area contributed by atoms with Crippen LogP contribution >= 0.6 is 0 Å². The molecule has 1 aromatic carbocycles. The first kappa shape index (κ1) is 7.47. The van der Waals surface area contributed by atoms with Crippen LogP contribution in [0.25, 0.3) is 0 Å². The minimum Gasteiger partial charge on any atom is -0.508 e. The average molecular weight is 162 g/mol. The molecule has 1 aromatic rings. The molecule has 1 radical (unpaired) electrons. The van der Waals surface area contributed by atoms with E-state index in [2.05, 4.69) is 11.0 Å². The fourth-order valence-electron chi connectivity index (χ4n) is 1.61. The van der Waals surface area contributed by atoms with Crippen molar-refractivity contribution < 1.29 is 5.11 Å². The van der Waals surface area contributed by atoms with E-state index < -0.39 is 0 Å². The molecule has 1 saturated heterocycles. The van der Waals surface area contributed by atoms with Crippen molar-refractivity contribution in [2.24, 2.45) is 0 Å². The van der Waals surface area contributed by atoms with Crippen molar-refractivity contribution in [3.63, 3.8) is 0 Å². The van der Waals surface area contributed by atoms with E-state index in [1.165, 1.54) is 12.8 Å². The van der Waals surface area contributed by atoms with Gasteiger partial charge in [-0.15, -0.1) is 0 Å². The Morgan fingerprint density at radius 3 is 2.67 bits per heavy atom. The maximum absolute atomic E-state index is 9.22. The maximum atomic E-state index is 9.22. The average Bonchev–Trinajstić information content (AvgIpc) is 2.56. The summed E-state index contributed by atoms with van der Waals surface area (Å²) in [5.74, 6) is 0.305. The molecule has 63 valence electrons. The molecule has 0 atom stereocenters. The van der Waals surface area contributed by atoms with E-state index in [1.54, 1.807) is 12.1 Å². The maximum Gasteiger partial charge on any atom is 0.118 e.